The summed E-state index contributed by atoms with van der Waals surface area (Å²) in [6, 6.07) is 22.6. The monoisotopic (exact) mass is 504 g/mol. The van der Waals surface area contributed by atoms with Crippen LogP contribution in [0.5, 0.6) is 0 Å². The van der Waals surface area contributed by atoms with Crippen molar-refractivity contribution in [2.24, 2.45) is 16.1 Å². The van der Waals surface area contributed by atoms with Gasteiger partial charge in [-0.3, -0.25) is 9.71 Å². The molecule has 3 N–H and O–H groups in total. The fourth-order valence-electron chi connectivity index (χ4n) is 4.87. The number of hydrogen-bond acceptors (Lipinski definition) is 5. The number of hydrogen-bond donors (Lipinski definition) is 2. The number of nitriles is 1. The second-order valence-corrected chi connectivity index (χ2v) is 11.5. The van der Waals surface area contributed by atoms with E-state index < -0.39 is 32.5 Å². The van der Waals surface area contributed by atoms with E-state index in [1.807, 2.05) is 50.2 Å². The smallest absolute Gasteiger partial charge is 0.241 e. The second kappa shape index (κ2) is 10.2. The fourth-order valence-corrected chi connectivity index (χ4v) is 6.88. The lowest BCUT2D eigenvalue weighted by molar-refractivity contribution is 0.342. The predicted molar refractivity (Wildman–Crippen MR) is 140 cm³/mol. The summed E-state index contributed by atoms with van der Waals surface area (Å²) in [6.45, 7) is 4.10. The molecule has 0 aromatic heterocycles. The largest absolute Gasteiger partial charge is 0.330 e. The average Bonchev–Trinajstić information content (AvgIpc) is 2.83. The number of nitrogens with two attached hydrogens (primary N) is 1. The van der Waals surface area contributed by atoms with Gasteiger partial charge < -0.3 is 5.73 Å². The van der Waals surface area contributed by atoms with E-state index >= 15 is 0 Å². The zero-order valence-corrected chi connectivity index (χ0v) is 21.1. The number of sulfonamides is 1. The van der Waals surface area contributed by atoms with Gasteiger partial charge in [0.25, 0.3) is 0 Å². The zero-order valence-electron chi connectivity index (χ0n) is 20.3. The van der Waals surface area contributed by atoms with Crippen molar-refractivity contribution in [2.45, 2.75) is 38.0 Å². The van der Waals surface area contributed by atoms with Gasteiger partial charge in [0, 0.05) is 12.0 Å². The van der Waals surface area contributed by atoms with Crippen LogP contribution in [-0.4, -0.2) is 20.8 Å². The Kier molecular flexibility index (Phi) is 7.25. The second-order valence-electron chi connectivity index (χ2n) is 9.69. The molecule has 36 heavy (non-hydrogen) atoms. The molecule has 1 aliphatic rings. The molecule has 0 amide bonds. The molecule has 0 radical (unpaired) electrons. The molecule has 1 aliphatic heterocycles. The van der Waals surface area contributed by atoms with E-state index in [4.69, 9.17) is 11.0 Å². The van der Waals surface area contributed by atoms with Gasteiger partial charge in [0.2, 0.25) is 10.0 Å². The quantitative estimate of drug-likeness (QED) is 0.478. The lowest BCUT2D eigenvalue weighted by Crippen LogP contribution is -2.48. The molecule has 0 aliphatic carbocycles. The minimum atomic E-state index is -3.81. The number of nitrogens with zero attached hydrogens (tertiary/aromatic N) is 2. The number of benzene rings is 3. The van der Waals surface area contributed by atoms with Crippen molar-refractivity contribution >= 4 is 15.9 Å². The Balaban J connectivity index is 1.62. The first kappa shape index (κ1) is 25.5. The summed E-state index contributed by atoms with van der Waals surface area (Å²) < 4.78 is 44.0. The van der Waals surface area contributed by atoms with Gasteiger partial charge >= 0.3 is 0 Å². The van der Waals surface area contributed by atoms with Crippen LogP contribution in [0.25, 0.3) is 11.1 Å². The SMILES string of the molecule is CC1(C)CC(=N[C@@H](CCN)c2ccccc2F)NS(=O)(=O)C1c1ccc(-c2ccc(C#N)cc2)cc1. The van der Waals surface area contributed by atoms with Crippen LogP contribution in [0.4, 0.5) is 4.39 Å². The molecule has 0 spiro atoms. The first-order valence-corrected chi connectivity index (χ1v) is 13.3. The van der Waals surface area contributed by atoms with Gasteiger partial charge in [-0.1, -0.05) is 68.4 Å². The van der Waals surface area contributed by atoms with Gasteiger partial charge in [0.1, 0.15) is 16.9 Å². The highest BCUT2D eigenvalue weighted by atomic mass is 32.2. The molecule has 8 heteroatoms. The molecule has 6 nitrogen and oxygen atoms in total. The Morgan fingerprint density at radius 2 is 1.69 bits per heavy atom. The van der Waals surface area contributed by atoms with Crippen LogP contribution in [0.2, 0.25) is 0 Å². The average molecular weight is 505 g/mol. The van der Waals surface area contributed by atoms with Gasteiger partial charge in [0.15, 0.2) is 0 Å². The van der Waals surface area contributed by atoms with Crippen LogP contribution in [0, 0.1) is 22.6 Å². The topological polar surface area (TPSA) is 108 Å². The van der Waals surface area contributed by atoms with E-state index in [0.717, 1.165) is 11.1 Å². The molecular weight excluding hydrogens is 475 g/mol. The lowest BCUT2D eigenvalue weighted by atomic mass is 9.81. The molecule has 0 bridgehead atoms. The summed E-state index contributed by atoms with van der Waals surface area (Å²) >= 11 is 0. The zero-order chi connectivity index (χ0) is 25.9. The molecule has 1 unspecified atom stereocenters. The van der Waals surface area contributed by atoms with E-state index in [0.29, 0.717) is 41.9 Å². The van der Waals surface area contributed by atoms with Crippen LogP contribution in [-0.2, 0) is 10.0 Å². The van der Waals surface area contributed by atoms with Crippen molar-refractivity contribution in [1.29, 1.82) is 5.26 Å². The van der Waals surface area contributed by atoms with Crippen molar-refractivity contribution in [1.82, 2.24) is 4.72 Å². The van der Waals surface area contributed by atoms with Crippen LogP contribution >= 0.6 is 0 Å². The third kappa shape index (κ3) is 5.32. The predicted octanol–water partition coefficient (Wildman–Crippen LogP) is 5.24. The fraction of sp³-hybridized carbons (Fsp3) is 0.286. The molecular formula is C28H29FN4O2S. The molecule has 186 valence electrons. The Hall–Kier alpha value is -3.54. The van der Waals surface area contributed by atoms with Crippen molar-refractivity contribution in [3.05, 3.63) is 95.3 Å². The third-order valence-electron chi connectivity index (χ3n) is 6.48. The lowest BCUT2D eigenvalue weighted by Gasteiger charge is -2.39. The van der Waals surface area contributed by atoms with Crippen molar-refractivity contribution in [3.63, 3.8) is 0 Å². The number of amidine groups is 1. The standard InChI is InChI=1S/C28H29FN4O2S/c1-28(2)17-26(32-25(15-16-30)23-5-3-4-6-24(23)29)33-36(34,35)27(28)22-13-11-21(12-14-22)20-9-7-19(18-31)8-10-20/h3-14,25,27H,15-17,30H2,1-2H3,(H,32,33)/t25-,27?/m0/s1. The molecule has 3 aromatic rings. The van der Waals surface area contributed by atoms with Crippen LogP contribution in [0.1, 0.15) is 54.7 Å². The molecule has 0 saturated carbocycles. The highest BCUT2D eigenvalue weighted by Gasteiger charge is 2.46. The first-order valence-electron chi connectivity index (χ1n) is 11.8. The number of aliphatic imine (C=N–C) groups is 1. The van der Waals surface area contributed by atoms with Crippen molar-refractivity contribution in [2.75, 3.05) is 6.54 Å². The van der Waals surface area contributed by atoms with Gasteiger partial charge in [-0.15, -0.1) is 0 Å². The van der Waals surface area contributed by atoms with Crippen molar-refractivity contribution < 1.29 is 12.8 Å². The maximum absolute atomic E-state index is 14.4. The van der Waals surface area contributed by atoms with E-state index in [-0.39, 0.29) is 0 Å². The van der Waals surface area contributed by atoms with Gasteiger partial charge in [-0.2, -0.15) is 5.26 Å². The summed E-state index contributed by atoms with van der Waals surface area (Å²) in [5, 5.41) is 8.21. The molecule has 2 atom stereocenters. The summed E-state index contributed by atoms with van der Waals surface area (Å²) in [6.07, 6.45) is 0.774. The summed E-state index contributed by atoms with van der Waals surface area (Å²) in [7, 11) is -3.81. The van der Waals surface area contributed by atoms with Crippen LogP contribution < -0.4 is 10.5 Å². The summed E-state index contributed by atoms with van der Waals surface area (Å²) in [5.74, 6) is -0.0781. The van der Waals surface area contributed by atoms with Crippen molar-refractivity contribution in [3.8, 4) is 17.2 Å². The maximum Gasteiger partial charge on any atom is 0.241 e. The molecule has 3 aromatic carbocycles. The number of nitrogens with one attached hydrogen (secondary N) is 1. The minimum Gasteiger partial charge on any atom is -0.330 e. The molecule has 4 rings (SSSR count). The molecule has 1 fully saturated rings. The highest BCUT2D eigenvalue weighted by molar-refractivity contribution is 7.90. The Morgan fingerprint density at radius 3 is 2.25 bits per heavy atom. The summed E-state index contributed by atoms with van der Waals surface area (Å²) in [4.78, 5) is 4.63. The third-order valence-corrected chi connectivity index (χ3v) is 8.53. The Labute approximate surface area is 211 Å². The first-order chi connectivity index (χ1) is 17.1. The normalized spacial score (nSPS) is 20.3. The van der Waals surface area contributed by atoms with Gasteiger partial charge in [-0.05, 0) is 53.3 Å². The molecule has 1 saturated heterocycles. The van der Waals surface area contributed by atoms with Gasteiger partial charge in [-0.25, -0.2) is 12.8 Å². The van der Waals surface area contributed by atoms with Gasteiger partial charge in [0.05, 0.1) is 17.7 Å². The molecule has 1 heterocycles. The maximum atomic E-state index is 14.4. The summed E-state index contributed by atoms with van der Waals surface area (Å²) in [5.41, 5.74) is 8.61. The number of halogens is 1. The number of rotatable bonds is 6. The van der Waals surface area contributed by atoms with E-state index in [2.05, 4.69) is 15.8 Å². The van der Waals surface area contributed by atoms with E-state index in [1.54, 1.807) is 30.3 Å². The van der Waals surface area contributed by atoms with Crippen LogP contribution in [0.15, 0.2) is 77.8 Å². The highest BCUT2D eigenvalue weighted by Crippen LogP contribution is 2.45. The Morgan fingerprint density at radius 1 is 1.08 bits per heavy atom. The van der Waals surface area contributed by atoms with E-state index in [9.17, 15) is 12.8 Å². The minimum absolute atomic E-state index is 0.292. The Bertz CT molecular complexity index is 1410. The van der Waals surface area contributed by atoms with Crippen LogP contribution in [0.3, 0.4) is 0 Å². The van der Waals surface area contributed by atoms with E-state index in [1.165, 1.54) is 6.07 Å².